The van der Waals surface area contributed by atoms with Gasteiger partial charge >= 0.3 is 0 Å². The van der Waals surface area contributed by atoms with Crippen LogP contribution in [0, 0.1) is 11.6 Å². The molecule has 0 N–H and O–H groups in total. The summed E-state index contributed by atoms with van der Waals surface area (Å²) in [4.78, 5) is 11.6. The smallest absolute Gasteiger partial charge is 0.217 e. The third kappa shape index (κ3) is 6.71. The Hall–Kier alpha value is -2.57. The number of halogens is 3. The lowest BCUT2D eigenvalue weighted by atomic mass is 10.1. The maximum atomic E-state index is 13.3. The molecule has 0 spiro atoms. The van der Waals surface area contributed by atoms with Crippen molar-refractivity contribution in [2.75, 3.05) is 26.2 Å². The van der Waals surface area contributed by atoms with Gasteiger partial charge < -0.3 is 9.64 Å². The van der Waals surface area contributed by atoms with Crippen molar-refractivity contribution in [3.63, 3.8) is 0 Å². The minimum atomic E-state index is -0.316. The van der Waals surface area contributed by atoms with E-state index in [4.69, 9.17) is 4.74 Å². The number of unbranched alkanes of at least 4 members (excludes halogenated alkanes) is 1. The Labute approximate surface area is 194 Å². The summed E-state index contributed by atoms with van der Waals surface area (Å²) < 4.78 is 32.6. The highest BCUT2D eigenvalue weighted by atomic mass is 35.5. The zero-order valence-electron chi connectivity index (χ0n) is 18.0. The van der Waals surface area contributed by atoms with Crippen molar-refractivity contribution in [2.24, 2.45) is 0 Å². The molecular weight excluding hydrogens is 432 g/mol. The van der Waals surface area contributed by atoms with Crippen LogP contribution in [0.25, 0.3) is 22.6 Å². The van der Waals surface area contributed by atoms with Crippen LogP contribution in [0.4, 0.5) is 8.78 Å². The topological polar surface area (TPSA) is 38.2 Å². The zero-order chi connectivity index (χ0) is 21.5. The minimum Gasteiger partial charge on any atom is -0.478 e. The highest BCUT2D eigenvalue weighted by Crippen LogP contribution is 2.26. The van der Waals surface area contributed by atoms with Gasteiger partial charge in [-0.05, 0) is 93.8 Å². The van der Waals surface area contributed by atoms with Crippen molar-refractivity contribution in [3.8, 4) is 28.5 Å². The van der Waals surface area contributed by atoms with E-state index in [9.17, 15) is 8.78 Å². The third-order valence-electron chi connectivity index (χ3n) is 5.51. The molecule has 0 amide bonds. The lowest BCUT2D eigenvalue weighted by molar-refractivity contribution is 0.215. The van der Waals surface area contributed by atoms with Crippen LogP contribution >= 0.6 is 12.4 Å². The zero-order valence-corrected chi connectivity index (χ0v) is 18.8. The summed E-state index contributed by atoms with van der Waals surface area (Å²) in [7, 11) is 0. The highest BCUT2D eigenvalue weighted by molar-refractivity contribution is 5.85. The van der Waals surface area contributed by atoms with Crippen molar-refractivity contribution >= 4 is 12.4 Å². The Morgan fingerprint density at radius 1 is 0.781 bits per heavy atom. The first-order valence-electron chi connectivity index (χ1n) is 10.9. The Balaban J connectivity index is 0.00000289. The molecule has 0 saturated carbocycles. The van der Waals surface area contributed by atoms with Crippen molar-refractivity contribution in [1.82, 2.24) is 14.9 Å². The normalized spacial score (nSPS) is 14.1. The van der Waals surface area contributed by atoms with E-state index < -0.39 is 0 Å². The molecule has 2 aromatic carbocycles. The van der Waals surface area contributed by atoms with Crippen molar-refractivity contribution < 1.29 is 13.5 Å². The first-order valence-corrected chi connectivity index (χ1v) is 10.9. The first kappa shape index (κ1) is 24.1. The predicted molar refractivity (Wildman–Crippen MR) is 125 cm³/mol. The summed E-state index contributed by atoms with van der Waals surface area (Å²) in [6, 6.07) is 14.0. The summed E-state index contributed by atoms with van der Waals surface area (Å²) in [5.41, 5.74) is 2.10. The maximum absolute atomic E-state index is 13.3. The van der Waals surface area contributed by atoms with Gasteiger partial charge in [0.25, 0.3) is 0 Å². The molecule has 1 aliphatic heterocycles. The predicted octanol–water partition coefficient (Wildman–Crippen LogP) is 6.16. The van der Waals surface area contributed by atoms with Crippen LogP contribution < -0.4 is 4.74 Å². The number of rotatable bonds is 8. The number of nitrogens with zero attached hydrogens (tertiary/aromatic N) is 3. The van der Waals surface area contributed by atoms with Gasteiger partial charge in [0.2, 0.25) is 5.88 Å². The number of likely N-dealkylation sites (tertiary alicyclic amines) is 1. The molecule has 0 aliphatic carbocycles. The second kappa shape index (κ2) is 11.9. The molecule has 0 unspecified atom stereocenters. The number of aromatic nitrogens is 2. The fourth-order valence-corrected chi connectivity index (χ4v) is 3.79. The summed E-state index contributed by atoms with van der Waals surface area (Å²) in [6.45, 7) is 4.08. The molecule has 170 valence electrons. The van der Waals surface area contributed by atoms with E-state index in [2.05, 4.69) is 14.9 Å². The van der Waals surface area contributed by atoms with Gasteiger partial charge in [-0.15, -0.1) is 12.4 Å². The molecule has 7 heteroatoms. The van der Waals surface area contributed by atoms with E-state index >= 15 is 0 Å². The summed E-state index contributed by atoms with van der Waals surface area (Å²) in [6.07, 6.45) is 5.98. The van der Waals surface area contributed by atoms with Crippen LogP contribution in [-0.4, -0.2) is 41.1 Å². The van der Waals surface area contributed by atoms with E-state index in [1.165, 1.54) is 56.6 Å². The van der Waals surface area contributed by atoms with E-state index in [1.807, 2.05) is 0 Å². The van der Waals surface area contributed by atoms with E-state index in [0.29, 0.717) is 29.6 Å². The number of ether oxygens (including phenoxy) is 1. The van der Waals surface area contributed by atoms with Gasteiger partial charge in [0.05, 0.1) is 12.3 Å². The average molecular weight is 460 g/mol. The molecular formula is C25H28ClF2N3O. The van der Waals surface area contributed by atoms with Crippen LogP contribution in [0.3, 0.4) is 0 Å². The van der Waals surface area contributed by atoms with E-state index in [0.717, 1.165) is 24.9 Å². The molecule has 1 aliphatic rings. The Bertz CT molecular complexity index is 914. The fourth-order valence-electron chi connectivity index (χ4n) is 3.79. The van der Waals surface area contributed by atoms with E-state index in [1.54, 1.807) is 30.3 Å². The molecule has 0 bridgehead atoms. The molecule has 1 saturated heterocycles. The third-order valence-corrected chi connectivity index (χ3v) is 5.51. The lowest BCUT2D eigenvalue weighted by Crippen LogP contribution is -2.30. The maximum Gasteiger partial charge on any atom is 0.217 e. The summed E-state index contributed by atoms with van der Waals surface area (Å²) in [5, 5.41) is 0. The number of hydrogen-bond donors (Lipinski definition) is 0. The minimum absolute atomic E-state index is 0. The molecule has 4 nitrogen and oxygen atoms in total. The molecule has 3 aromatic rings. The highest BCUT2D eigenvalue weighted by Gasteiger charge is 2.12. The molecule has 32 heavy (non-hydrogen) atoms. The number of piperidine rings is 1. The number of hydrogen-bond acceptors (Lipinski definition) is 4. The van der Waals surface area contributed by atoms with Gasteiger partial charge in [-0.25, -0.2) is 13.8 Å². The monoisotopic (exact) mass is 459 g/mol. The first-order chi connectivity index (χ1) is 15.2. The van der Waals surface area contributed by atoms with Crippen LogP contribution in [0.15, 0.2) is 54.6 Å². The second-order valence-electron chi connectivity index (χ2n) is 7.89. The molecule has 1 aromatic heterocycles. The average Bonchev–Trinajstić information content (AvgIpc) is 2.80. The standard InChI is InChI=1S/C25H27F2N3O.ClH/c26-21-10-6-19(7-11-21)23-18-24(29-25(28-23)20-8-12-22(27)13-9-20)31-17-5-4-16-30-14-2-1-3-15-30;/h6-13,18H,1-5,14-17H2;1H. The van der Waals surface area contributed by atoms with Gasteiger partial charge in [-0.3, -0.25) is 0 Å². The summed E-state index contributed by atoms with van der Waals surface area (Å²) in [5.74, 6) is 0.294. The SMILES string of the molecule is Cl.Fc1ccc(-c2cc(OCCCCN3CCCCC3)nc(-c3ccc(F)cc3)n2)cc1. The Morgan fingerprint density at radius 3 is 2.06 bits per heavy atom. The largest absolute Gasteiger partial charge is 0.478 e. The Morgan fingerprint density at radius 2 is 1.41 bits per heavy atom. The molecule has 0 atom stereocenters. The molecule has 4 rings (SSSR count). The van der Waals surface area contributed by atoms with Gasteiger partial charge in [-0.2, -0.15) is 4.98 Å². The Kier molecular flexibility index (Phi) is 8.94. The van der Waals surface area contributed by atoms with Crippen LogP contribution in [0.5, 0.6) is 5.88 Å². The fraction of sp³-hybridized carbons (Fsp3) is 0.360. The molecule has 2 heterocycles. The van der Waals surface area contributed by atoms with Crippen molar-refractivity contribution in [1.29, 1.82) is 0 Å². The van der Waals surface area contributed by atoms with Gasteiger partial charge in [0, 0.05) is 17.2 Å². The molecule has 0 radical (unpaired) electrons. The molecule has 1 fully saturated rings. The van der Waals surface area contributed by atoms with Crippen LogP contribution in [0.1, 0.15) is 32.1 Å². The van der Waals surface area contributed by atoms with E-state index in [-0.39, 0.29) is 24.0 Å². The van der Waals surface area contributed by atoms with Gasteiger partial charge in [0.1, 0.15) is 11.6 Å². The van der Waals surface area contributed by atoms with Crippen LogP contribution in [-0.2, 0) is 0 Å². The van der Waals surface area contributed by atoms with Crippen LogP contribution in [0.2, 0.25) is 0 Å². The van der Waals surface area contributed by atoms with Crippen molar-refractivity contribution in [3.05, 3.63) is 66.2 Å². The number of benzene rings is 2. The quantitative estimate of drug-likeness (QED) is 0.378. The second-order valence-corrected chi connectivity index (χ2v) is 7.89. The van der Waals surface area contributed by atoms with Crippen molar-refractivity contribution in [2.45, 2.75) is 32.1 Å². The lowest BCUT2D eigenvalue weighted by Gasteiger charge is -2.26. The van der Waals surface area contributed by atoms with Gasteiger partial charge in [0.15, 0.2) is 5.82 Å². The summed E-state index contributed by atoms with van der Waals surface area (Å²) >= 11 is 0. The van der Waals surface area contributed by atoms with Gasteiger partial charge in [-0.1, -0.05) is 6.42 Å².